The van der Waals surface area contributed by atoms with Crippen molar-refractivity contribution in [3.05, 3.63) is 70.8 Å². The summed E-state index contributed by atoms with van der Waals surface area (Å²) in [7, 11) is 0. The van der Waals surface area contributed by atoms with Crippen LogP contribution in [0.25, 0.3) is 5.69 Å². The van der Waals surface area contributed by atoms with Gasteiger partial charge in [0.2, 0.25) is 12.0 Å². The van der Waals surface area contributed by atoms with E-state index < -0.39 is 35.7 Å². The Bertz CT molecular complexity index is 1280. The highest BCUT2D eigenvalue weighted by atomic mass is 35.5. The molecule has 0 saturated heterocycles. The molecule has 2 heterocycles. The number of carbonyl (C=O) groups excluding carboxylic acids is 3. The van der Waals surface area contributed by atoms with Crippen molar-refractivity contribution in [3.63, 3.8) is 0 Å². The Labute approximate surface area is 209 Å². The number of hydrogen-bond donors (Lipinski definition) is 1. The van der Waals surface area contributed by atoms with Crippen molar-refractivity contribution in [1.82, 2.24) is 30.5 Å². The lowest BCUT2D eigenvalue weighted by molar-refractivity contribution is -0.162. The average Bonchev–Trinajstić information content (AvgIpc) is 3.59. The lowest BCUT2D eigenvalue weighted by Crippen LogP contribution is -2.46. The van der Waals surface area contributed by atoms with Gasteiger partial charge in [-0.25, -0.2) is 14.1 Å². The highest BCUT2D eigenvalue weighted by molar-refractivity contribution is 6.30. The molecule has 0 radical (unpaired) electrons. The minimum atomic E-state index is -1.39. The maximum absolute atomic E-state index is 13.4. The monoisotopic (exact) mass is 513 g/mol. The van der Waals surface area contributed by atoms with Crippen LogP contribution in [0.15, 0.2) is 53.9 Å². The molecule has 0 fully saturated rings. The minimum Gasteiger partial charge on any atom is -0.447 e. The van der Waals surface area contributed by atoms with Gasteiger partial charge in [-0.15, -0.1) is 5.10 Å². The number of nitrogens with one attached hydrogen (secondary N) is 1. The smallest absolute Gasteiger partial charge is 0.306 e. The summed E-state index contributed by atoms with van der Waals surface area (Å²) in [5, 5.41) is 19.4. The maximum Gasteiger partial charge on any atom is 0.306 e. The Morgan fingerprint density at radius 2 is 2.00 bits per heavy atom. The SMILES string of the molecule is CCC(=O)OC(C(=O)N1N=CC[C@H]1C(=O)NCc1cc(Cl)ccc1-n1cnnn1)c1ccc(F)cc1. The van der Waals surface area contributed by atoms with Crippen LogP contribution < -0.4 is 5.32 Å². The highest BCUT2D eigenvalue weighted by Gasteiger charge is 2.38. The molecule has 13 heteroatoms. The summed E-state index contributed by atoms with van der Waals surface area (Å²) >= 11 is 6.13. The van der Waals surface area contributed by atoms with Crippen LogP contribution in [-0.2, 0) is 25.7 Å². The molecule has 2 aromatic carbocycles. The zero-order valence-electron chi connectivity index (χ0n) is 19.0. The van der Waals surface area contributed by atoms with Crippen LogP contribution in [0.3, 0.4) is 0 Å². The highest BCUT2D eigenvalue weighted by Crippen LogP contribution is 2.26. The first kappa shape index (κ1) is 24.9. The number of ether oxygens (including phenoxy) is 1. The summed E-state index contributed by atoms with van der Waals surface area (Å²) in [6.45, 7) is 1.65. The Morgan fingerprint density at radius 1 is 1.22 bits per heavy atom. The van der Waals surface area contributed by atoms with E-state index in [0.29, 0.717) is 16.3 Å². The molecule has 1 aromatic heterocycles. The van der Waals surface area contributed by atoms with Crippen LogP contribution in [0.4, 0.5) is 4.39 Å². The average molecular weight is 514 g/mol. The van der Waals surface area contributed by atoms with Crippen molar-refractivity contribution in [1.29, 1.82) is 0 Å². The van der Waals surface area contributed by atoms with Gasteiger partial charge in [0.1, 0.15) is 18.2 Å². The molecule has 0 saturated carbocycles. The lowest BCUT2D eigenvalue weighted by Gasteiger charge is -2.26. The number of halogens is 2. The molecule has 0 bridgehead atoms. The van der Waals surface area contributed by atoms with Crippen molar-refractivity contribution in [3.8, 4) is 5.69 Å². The van der Waals surface area contributed by atoms with Crippen LogP contribution >= 0.6 is 11.6 Å². The second-order valence-corrected chi connectivity index (χ2v) is 8.19. The summed E-state index contributed by atoms with van der Waals surface area (Å²) < 4.78 is 20.2. The van der Waals surface area contributed by atoms with Gasteiger partial charge in [-0.05, 0) is 46.3 Å². The summed E-state index contributed by atoms with van der Waals surface area (Å²) in [5.74, 6) is -2.35. The third kappa shape index (κ3) is 5.54. The van der Waals surface area contributed by atoms with Gasteiger partial charge in [0.05, 0.1) is 5.69 Å². The van der Waals surface area contributed by atoms with E-state index in [-0.39, 0.29) is 24.9 Å². The molecule has 0 aliphatic carbocycles. The van der Waals surface area contributed by atoms with Gasteiger partial charge in [0.25, 0.3) is 5.91 Å². The first-order valence-corrected chi connectivity index (χ1v) is 11.3. The normalized spacial score (nSPS) is 15.5. The van der Waals surface area contributed by atoms with Gasteiger partial charge >= 0.3 is 5.97 Å². The molecule has 1 N–H and O–H groups in total. The van der Waals surface area contributed by atoms with Crippen LogP contribution in [0.2, 0.25) is 5.02 Å². The third-order valence-electron chi connectivity index (χ3n) is 5.38. The predicted octanol–water partition coefficient (Wildman–Crippen LogP) is 2.35. The van der Waals surface area contributed by atoms with Gasteiger partial charge in [0.15, 0.2) is 0 Å². The number of amides is 2. The zero-order chi connectivity index (χ0) is 25.7. The fourth-order valence-electron chi connectivity index (χ4n) is 3.57. The van der Waals surface area contributed by atoms with E-state index in [1.54, 1.807) is 25.1 Å². The van der Waals surface area contributed by atoms with Crippen molar-refractivity contribution in [2.75, 3.05) is 0 Å². The Kier molecular flexibility index (Phi) is 7.64. The number of rotatable bonds is 8. The van der Waals surface area contributed by atoms with E-state index in [0.717, 1.165) is 17.1 Å². The molecule has 2 atom stereocenters. The maximum atomic E-state index is 13.4. The van der Waals surface area contributed by atoms with Crippen LogP contribution in [0.1, 0.15) is 37.0 Å². The molecule has 1 unspecified atom stereocenters. The number of hydrazone groups is 1. The molecular formula is C23H21ClFN7O4. The van der Waals surface area contributed by atoms with E-state index in [1.807, 2.05) is 0 Å². The van der Waals surface area contributed by atoms with Gasteiger partial charge in [0, 0.05) is 36.2 Å². The lowest BCUT2D eigenvalue weighted by atomic mass is 10.1. The molecule has 0 spiro atoms. The Balaban J connectivity index is 1.51. The molecular weight excluding hydrogens is 493 g/mol. The second-order valence-electron chi connectivity index (χ2n) is 7.75. The number of hydrogen-bond acceptors (Lipinski definition) is 8. The van der Waals surface area contributed by atoms with Crippen LogP contribution in [0, 0.1) is 5.82 Å². The quantitative estimate of drug-likeness (QED) is 0.457. The molecule has 2 amide bonds. The first-order valence-electron chi connectivity index (χ1n) is 11.0. The van der Waals surface area contributed by atoms with E-state index >= 15 is 0 Å². The third-order valence-corrected chi connectivity index (χ3v) is 5.62. The van der Waals surface area contributed by atoms with Crippen LogP contribution in [0.5, 0.6) is 0 Å². The molecule has 11 nitrogen and oxygen atoms in total. The summed E-state index contributed by atoms with van der Waals surface area (Å²) in [4.78, 5) is 38.4. The molecule has 4 rings (SSSR count). The minimum absolute atomic E-state index is 0.0292. The van der Waals surface area contributed by atoms with Gasteiger partial charge in [-0.2, -0.15) is 5.10 Å². The van der Waals surface area contributed by atoms with Gasteiger partial charge in [-0.1, -0.05) is 30.7 Å². The number of esters is 1. The Morgan fingerprint density at radius 3 is 2.69 bits per heavy atom. The fraction of sp³-hybridized carbons (Fsp3) is 0.261. The number of tetrazole rings is 1. The Hall–Kier alpha value is -4.19. The number of benzene rings is 2. The van der Waals surface area contributed by atoms with E-state index in [1.165, 1.54) is 29.4 Å². The van der Waals surface area contributed by atoms with Gasteiger partial charge < -0.3 is 10.1 Å². The van der Waals surface area contributed by atoms with Crippen molar-refractivity contribution in [2.24, 2.45) is 5.10 Å². The fourth-order valence-corrected chi connectivity index (χ4v) is 3.76. The molecule has 36 heavy (non-hydrogen) atoms. The number of carbonyl (C=O) groups is 3. The first-order chi connectivity index (χ1) is 17.4. The van der Waals surface area contributed by atoms with E-state index in [4.69, 9.17) is 16.3 Å². The predicted molar refractivity (Wildman–Crippen MR) is 125 cm³/mol. The molecule has 186 valence electrons. The molecule has 1 aliphatic rings. The van der Waals surface area contributed by atoms with Crippen molar-refractivity contribution >= 4 is 35.6 Å². The largest absolute Gasteiger partial charge is 0.447 e. The molecule has 3 aromatic rings. The van der Waals surface area contributed by atoms with E-state index in [9.17, 15) is 18.8 Å². The number of nitrogens with zero attached hydrogens (tertiary/aromatic N) is 6. The van der Waals surface area contributed by atoms with E-state index in [2.05, 4.69) is 25.9 Å². The van der Waals surface area contributed by atoms with Crippen molar-refractivity contribution in [2.45, 2.75) is 38.5 Å². The molecule has 1 aliphatic heterocycles. The second kappa shape index (κ2) is 11.0. The van der Waals surface area contributed by atoms with Crippen LogP contribution in [-0.4, -0.2) is 55.3 Å². The zero-order valence-corrected chi connectivity index (χ0v) is 19.8. The van der Waals surface area contributed by atoms with Crippen molar-refractivity contribution < 1.29 is 23.5 Å². The van der Waals surface area contributed by atoms with Gasteiger partial charge in [-0.3, -0.25) is 14.4 Å². The summed E-state index contributed by atoms with van der Waals surface area (Å²) in [5.41, 5.74) is 1.51. The standard InChI is InChI=1S/C23H21ClFN7O4/c1-2-20(33)36-21(14-3-6-17(25)7-4-14)23(35)32-19(9-10-28-32)22(34)26-12-15-11-16(24)5-8-18(15)31-13-27-29-30-31/h3-8,10-11,13,19,21H,2,9,12H2,1H3,(H,26,34)/t19-,21?/m0/s1. The summed E-state index contributed by atoms with van der Waals surface area (Å²) in [6.07, 6.45) is 1.64. The topological polar surface area (TPSA) is 132 Å². The summed E-state index contributed by atoms with van der Waals surface area (Å²) in [6, 6.07) is 9.07. The number of aromatic nitrogens is 4.